The van der Waals surface area contributed by atoms with Crippen molar-refractivity contribution < 1.29 is 9.13 Å². The fraction of sp³-hybridized carbons (Fsp3) is 0.571. The molecule has 0 radical (unpaired) electrons. The topological polar surface area (TPSA) is 21.3 Å². The zero-order valence-electron chi connectivity index (χ0n) is 10.9. The molecule has 3 heteroatoms. The number of benzene rings is 1. The van der Waals surface area contributed by atoms with Crippen molar-refractivity contribution in [2.75, 3.05) is 13.7 Å². The highest BCUT2D eigenvalue weighted by molar-refractivity contribution is 5.32. The van der Waals surface area contributed by atoms with Gasteiger partial charge in [0.25, 0.3) is 0 Å². The lowest BCUT2D eigenvalue weighted by Crippen LogP contribution is -2.24. The Morgan fingerprint density at radius 1 is 1.41 bits per heavy atom. The molecule has 0 saturated heterocycles. The van der Waals surface area contributed by atoms with Crippen LogP contribution in [0.1, 0.15) is 31.7 Å². The van der Waals surface area contributed by atoms with Gasteiger partial charge < -0.3 is 10.1 Å². The number of rotatable bonds is 7. The first kappa shape index (κ1) is 14.0. The molecule has 2 nitrogen and oxygen atoms in total. The lowest BCUT2D eigenvalue weighted by molar-refractivity contribution is 0.294. The van der Waals surface area contributed by atoms with Gasteiger partial charge in [-0.25, -0.2) is 4.39 Å². The van der Waals surface area contributed by atoms with Crippen molar-refractivity contribution in [2.24, 2.45) is 0 Å². The Morgan fingerprint density at radius 2 is 2.18 bits per heavy atom. The molecule has 0 aliphatic heterocycles. The van der Waals surface area contributed by atoms with Crippen molar-refractivity contribution in [3.8, 4) is 5.75 Å². The SMILES string of the molecule is CCC(CCCOc1ccc(F)cc1C)NC. The minimum atomic E-state index is -0.212. The highest BCUT2D eigenvalue weighted by atomic mass is 19.1. The second-order valence-corrected chi connectivity index (χ2v) is 4.29. The number of hydrogen-bond acceptors (Lipinski definition) is 2. The molecule has 17 heavy (non-hydrogen) atoms. The van der Waals surface area contributed by atoms with Crippen LogP contribution in [-0.2, 0) is 0 Å². The Balaban J connectivity index is 2.31. The van der Waals surface area contributed by atoms with E-state index in [-0.39, 0.29) is 5.82 Å². The molecule has 0 spiro atoms. The van der Waals surface area contributed by atoms with Crippen molar-refractivity contribution >= 4 is 0 Å². The molecule has 0 heterocycles. The first-order chi connectivity index (χ1) is 8.17. The summed E-state index contributed by atoms with van der Waals surface area (Å²) in [5.41, 5.74) is 0.852. The summed E-state index contributed by atoms with van der Waals surface area (Å²) in [4.78, 5) is 0. The molecule has 0 saturated carbocycles. The van der Waals surface area contributed by atoms with Crippen LogP contribution in [0, 0.1) is 12.7 Å². The van der Waals surface area contributed by atoms with Gasteiger partial charge >= 0.3 is 0 Å². The molecular formula is C14H22FNO. The first-order valence-electron chi connectivity index (χ1n) is 6.23. The lowest BCUT2D eigenvalue weighted by atomic mass is 10.1. The van der Waals surface area contributed by atoms with Crippen LogP contribution in [0.4, 0.5) is 4.39 Å². The van der Waals surface area contributed by atoms with Crippen molar-refractivity contribution in [3.05, 3.63) is 29.6 Å². The van der Waals surface area contributed by atoms with E-state index >= 15 is 0 Å². The third-order valence-corrected chi connectivity index (χ3v) is 2.99. The van der Waals surface area contributed by atoms with E-state index in [1.54, 1.807) is 6.07 Å². The number of halogens is 1. The molecule has 0 amide bonds. The summed E-state index contributed by atoms with van der Waals surface area (Å²) in [7, 11) is 1.99. The van der Waals surface area contributed by atoms with Crippen molar-refractivity contribution in [1.29, 1.82) is 0 Å². The fourth-order valence-corrected chi connectivity index (χ4v) is 1.84. The average molecular weight is 239 g/mol. The zero-order valence-corrected chi connectivity index (χ0v) is 10.9. The quantitative estimate of drug-likeness (QED) is 0.737. The van der Waals surface area contributed by atoms with Gasteiger partial charge in [-0.1, -0.05) is 6.92 Å². The van der Waals surface area contributed by atoms with Gasteiger partial charge in [-0.3, -0.25) is 0 Å². The second kappa shape index (κ2) is 7.28. The van der Waals surface area contributed by atoms with Gasteiger partial charge in [0, 0.05) is 6.04 Å². The van der Waals surface area contributed by atoms with Crippen molar-refractivity contribution in [3.63, 3.8) is 0 Å². The van der Waals surface area contributed by atoms with Crippen molar-refractivity contribution in [1.82, 2.24) is 5.32 Å². The Hall–Kier alpha value is -1.09. The van der Waals surface area contributed by atoms with Gasteiger partial charge in [-0.2, -0.15) is 0 Å². The molecule has 1 atom stereocenters. The smallest absolute Gasteiger partial charge is 0.123 e. The van der Waals surface area contributed by atoms with Crippen LogP contribution in [-0.4, -0.2) is 19.7 Å². The molecule has 1 aromatic rings. The molecule has 1 rings (SSSR count). The van der Waals surface area contributed by atoms with E-state index in [1.807, 2.05) is 14.0 Å². The number of aryl methyl sites for hydroxylation is 1. The summed E-state index contributed by atoms with van der Waals surface area (Å²) in [6, 6.07) is 5.19. The molecule has 0 bridgehead atoms. The molecule has 1 N–H and O–H groups in total. The number of ether oxygens (including phenoxy) is 1. The van der Waals surface area contributed by atoms with E-state index in [0.717, 1.165) is 30.6 Å². The molecule has 0 aliphatic rings. The first-order valence-corrected chi connectivity index (χ1v) is 6.23. The van der Waals surface area contributed by atoms with E-state index in [9.17, 15) is 4.39 Å². The Bertz CT molecular complexity index is 337. The summed E-state index contributed by atoms with van der Waals surface area (Å²) in [5, 5.41) is 3.26. The van der Waals surface area contributed by atoms with E-state index in [4.69, 9.17) is 4.74 Å². The van der Waals surface area contributed by atoms with Crippen LogP contribution in [0.3, 0.4) is 0 Å². The highest BCUT2D eigenvalue weighted by Crippen LogP contribution is 2.18. The highest BCUT2D eigenvalue weighted by Gasteiger charge is 2.04. The molecule has 0 fully saturated rings. The lowest BCUT2D eigenvalue weighted by Gasteiger charge is -2.14. The minimum absolute atomic E-state index is 0.212. The molecule has 96 valence electrons. The minimum Gasteiger partial charge on any atom is -0.493 e. The molecular weight excluding hydrogens is 217 g/mol. The normalized spacial score (nSPS) is 12.5. The Labute approximate surface area is 103 Å². The zero-order chi connectivity index (χ0) is 12.7. The fourth-order valence-electron chi connectivity index (χ4n) is 1.84. The molecule has 1 unspecified atom stereocenters. The predicted octanol–water partition coefficient (Wildman–Crippen LogP) is 3.29. The van der Waals surface area contributed by atoms with Crippen molar-refractivity contribution in [2.45, 2.75) is 39.2 Å². The maximum absolute atomic E-state index is 12.9. The Kier molecular flexibility index (Phi) is 5.98. The number of nitrogens with one attached hydrogen (secondary N) is 1. The van der Waals surface area contributed by atoms with Gasteiger partial charge in [0.2, 0.25) is 0 Å². The second-order valence-electron chi connectivity index (χ2n) is 4.29. The summed E-state index contributed by atoms with van der Waals surface area (Å²) in [6.07, 6.45) is 3.25. The summed E-state index contributed by atoms with van der Waals surface area (Å²) in [5.74, 6) is 0.569. The van der Waals surface area contributed by atoms with E-state index in [0.29, 0.717) is 12.6 Å². The molecule has 1 aromatic carbocycles. The predicted molar refractivity (Wildman–Crippen MR) is 69.0 cm³/mol. The monoisotopic (exact) mass is 239 g/mol. The third-order valence-electron chi connectivity index (χ3n) is 2.99. The standard InChI is InChI=1S/C14H22FNO/c1-4-13(16-3)6-5-9-17-14-8-7-12(15)10-11(14)2/h7-8,10,13,16H,4-6,9H2,1-3H3. The van der Waals surface area contributed by atoms with Crippen LogP contribution in [0.15, 0.2) is 18.2 Å². The largest absolute Gasteiger partial charge is 0.493 e. The van der Waals surface area contributed by atoms with Gasteiger partial charge in [-0.05, 0) is 57.0 Å². The van der Waals surface area contributed by atoms with Crippen LogP contribution >= 0.6 is 0 Å². The van der Waals surface area contributed by atoms with Crippen LogP contribution in [0.2, 0.25) is 0 Å². The van der Waals surface area contributed by atoms with Gasteiger partial charge in [0.15, 0.2) is 0 Å². The molecule has 0 aromatic heterocycles. The summed E-state index contributed by atoms with van der Waals surface area (Å²) in [6.45, 7) is 4.72. The Morgan fingerprint density at radius 3 is 2.76 bits per heavy atom. The van der Waals surface area contributed by atoms with Gasteiger partial charge in [0.1, 0.15) is 11.6 Å². The molecule has 0 aliphatic carbocycles. The van der Waals surface area contributed by atoms with Gasteiger partial charge in [0.05, 0.1) is 6.61 Å². The summed E-state index contributed by atoms with van der Waals surface area (Å²) >= 11 is 0. The maximum Gasteiger partial charge on any atom is 0.123 e. The third kappa shape index (κ3) is 4.73. The van der Waals surface area contributed by atoms with Crippen LogP contribution in [0.5, 0.6) is 5.75 Å². The van der Waals surface area contributed by atoms with E-state index in [2.05, 4.69) is 12.2 Å². The average Bonchev–Trinajstić information content (AvgIpc) is 2.32. The van der Waals surface area contributed by atoms with E-state index in [1.165, 1.54) is 12.1 Å². The number of hydrogen-bond donors (Lipinski definition) is 1. The maximum atomic E-state index is 12.9. The van der Waals surface area contributed by atoms with Crippen LogP contribution < -0.4 is 10.1 Å². The van der Waals surface area contributed by atoms with Crippen LogP contribution in [0.25, 0.3) is 0 Å². The van der Waals surface area contributed by atoms with E-state index < -0.39 is 0 Å². The van der Waals surface area contributed by atoms with Gasteiger partial charge in [-0.15, -0.1) is 0 Å². The summed E-state index contributed by atoms with van der Waals surface area (Å²) < 4.78 is 18.5.